The molecule has 0 amide bonds. The highest BCUT2D eigenvalue weighted by Gasteiger charge is 2.17. The first-order chi connectivity index (χ1) is 12.9. The third-order valence-electron chi connectivity index (χ3n) is 4.76. The van der Waals surface area contributed by atoms with Gasteiger partial charge in [0.1, 0.15) is 5.56 Å². The summed E-state index contributed by atoms with van der Waals surface area (Å²) in [6.07, 6.45) is 1.84. The van der Waals surface area contributed by atoms with E-state index in [-0.39, 0.29) is 11.5 Å². The molecule has 3 aromatic rings. The average molecular weight is 385 g/mol. The molecule has 1 heterocycles. The minimum Gasteiger partial charge on any atom is -0.477 e. The SMILES string of the molecule is CCc1c(Cl)c(NCC(C)c2ccccc2)cc2c(=O)c(C(=O)O)c[nH]c12. The van der Waals surface area contributed by atoms with Crippen molar-refractivity contribution in [2.45, 2.75) is 26.2 Å². The minimum absolute atomic E-state index is 0.242. The zero-order valence-electron chi connectivity index (χ0n) is 15.2. The molecule has 27 heavy (non-hydrogen) atoms. The Morgan fingerprint density at radius 2 is 2.00 bits per heavy atom. The maximum atomic E-state index is 12.6. The van der Waals surface area contributed by atoms with Crippen LogP contribution in [0, 0.1) is 0 Å². The Bertz CT molecular complexity index is 1040. The fraction of sp³-hybridized carbons (Fsp3) is 0.238. The van der Waals surface area contributed by atoms with Gasteiger partial charge >= 0.3 is 5.97 Å². The zero-order chi connectivity index (χ0) is 19.6. The first-order valence-electron chi connectivity index (χ1n) is 8.82. The average Bonchev–Trinajstić information content (AvgIpc) is 2.67. The number of anilines is 1. The van der Waals surface area contributed by atoms with Crippen LogP contribution in [-0.4, -0.2) is 22.6 Å². The fourth-order valence-corrected chi connectivity index (χ4v) is 3.55. The van der Waals surface area contributed by atoms with E-state index in [1.165, 1.54) is 11.8 Å². The quantitative estimate of drug-likeness (QED) is 0.577. The fourth-order valence-electron chi connectivity index (χ4n) is 3.20. The van der Waals surface area contributed by atoms with Crippen molar-refractivity contribution >= 4 is 34.2 Å². The maximum absolute atomic E-state index is 12.6. The molecule has 5 nitrogen and oxygen atoms in total. The van der Waals surface area contributed by atoms with E-state index < -0.39 is 11.4 Å². The molecule has 0 saturated carbocycles. The van der Waals surface area contributed by atoms with Crippen LogP contribution < -0.4 is 10.7 Å². The summed E-state index contributed by atoms with van der Waals surface area (Å²) in [5.41, 5.74) is 2.41. The van der Waals surface area contributed by atoms with E-state index in [1.54, 1.807) is 6.07 Å². The number of aromatic carboxylic acids is 1. The van der Waals surface area contributed by atoms with E-state index in [9.17, 15) is 14.7 Å². The van der Waals surface area contributed by atoms with Crippen molar-refractivity contribution in [3.05, 3.63) is 74.5 Å². The van der Waals surface area contributed by atoms with Crippen molar-refractivity contribution < 1.29 is 9.90 Å². The summed E-state index contributed by atoms with van der Waals surface area (Å²) in [5, 5.41) is 13.4. The number of aromatic amines is 1. The standard InChI is InChI=1S/C21H21ClN2O3/c1-3-14-18(22)17(23-10-12(2)13-7-5-4-6-8-13)9-15-19(14)24-11-16(20(15)25)21(26)27/h4-9,11-12,23H,3,10H2,1-2H3,(H,24,25)(H,26,27). The normalized spacial score (nSPS) is 12.1. The number of carboxylic acids is 1. The van der Waals surface area contributed by atoms with Crippen molar-refractivity contribution in [1.29, 1.82) is 0 Å². The Hall–Kier alpha value is -2.79. The maximum Gasteiger partial charge on any atom is 0.341 e. The molecule has 1 aromatic heterocycles. The molecule has 3 N–H and O–H groups in total. The number of carboxylic acid groups (broad SMARTS) is 1. The molecule has 0 spiro atoms. The smallest absolute Gasteiger partial charge is 0.341 e. The van der Waals surface area contributed by atoms with Gasteiger partial charge in [-0.1, -0.05) is 55.8 Å². The van der Waals surface area contributed by atoms with Crippen molar-refractivity contribution in [2.24, 2.45) is 0 Å². The molecular weight excluding hydrogens is 364 g/mol. The lowest BCUT2D eigenvalue weighted by Crippen LogP contribution is -2.17. The number of benzene rings is 2. The number of aryl methyl sites for hydroxylation is 1. The van der Waals surface area contributed by atoms with Gasteiger partial charge in [-0.2, -0.15) is 0 Å². The van der Waals surface area contributed by atoms with Crippen LogP contribution in [0.25, 0.3) is 10.9 Å². The van der Waals surface area contributed by atoms with Crippen LogP contribution >= 0.6 is 11.6 Å². The van der Waals surface area contributed by atoms with E-state index in [2.05, 4.69) is 29.4 Å². The van der Waals surface area contributed by atoms with Gasteiger partial charge in [0, 0.05) is 18.1 Å². The lowest BCUT2D eigenvalue weighted by molar-refractivity contribution is 0.0695. The van der Waals surface area contributed by atoms with Crippen molar-refractivity contribution in [2.75, 3.05) is 11.9 Å². The molecule has 0 saturated heterocycles. The predicted molar refractivity (Wildman–Crippen MR) is 109 cm³/mol. The second-order valence-electron chi connectivity index (χ2n) is 6.52. The summed E-state index contributed by atoms with van der Waals surface area (Å²) in [6.45, 7) is 4.68. The highest BCUT2D eigenvalue weighted by molar-refractivity contribution is 6.35. The second-order valence-corrected chi connectivity index (χ2v) is 6.90. The van der Waals surface area contributed by atoms with E-state index in [0.717, 1.165) is 5.56 Å². The molecular formula is C21H21ClN2O3. The monoisotopic (exact) mass is 384 g/mol. The molecule has 0 aliphatic rings. The van der Waals surface area contributed by atoms with E-state index >= 15 is 0 Å². The number of carbonyl (C=O) groups is 1. The lowest BCUT2D eigenvalue weighted by atomic mass is 10.0. The summed E-state index contributed by atoms with van der Waals surface area (Å²) in [5.74, 6) is -1.01. The van der Waals surface area contributed by atoms with Gasteiger partial charge in [-0.05, 0) is 29.5 Å². The number of fused-ring (bicyclic) bond motifs is 1. The number of aromatic nitrogens is 1. The first kappa shape index (κ1) is 19.0. The zero-order valence-corrected chi connectivity index (χ0v) is 15.9. The third kappa shape index (κ3) is 3.69. The van der Waals surface area contributed by atoms with Gasteiger partial charge in [0.25, 0.3) is 0 Å². The Morgan fingerprint density at radius 1 is 1.30 bits per heavy atom. The molecule has 0 radical (unpaired) electrons. The summed E-state index contributed by atoms with van der Waals surface area (Å²) in [7, 11) is 0. The Labute approximate surface area is 162 Å². The van der Waals surface area contributed by atoms with E-state index in [0.29, 0.717) is 34.6 Å². The molecule has 6 heteroatoms. The number of hydrogen-bond acceptors (Lipinski definition) is 3. The van der Waals surface area contributed by atoms with Gasteiger partial charge < -0.3 is 15.4 Å². The van der Waals surface area contributed by atoms with E-state index in [4.69, 9.17) is 11.6 Å². The number of nitrogens with one attached hydrogen (secondary N) is 2. The Kier molecular flexibility index (Phi) is 5.51. The number of H-pyrrole nitrogens is 1. The van der Waals surface area contributed by atoms with Gasteiger partial charge in [0.05, 0.1) is 16.2 Å². The number of pyridine rings is 1. The minimum atomic E-state index is -1.25. The third-order valence-corrected chi connectivity index (χ3v) is 5.19. The molecule has 0 aliphatic carbocycles. The van der Waals surface area contributed by atoms with Gasteiger partial charge in [-0.15, -0.1) is 0 Å². The Balaban J connectivity index is 2.02. The highest BCUT2D eigenvalue weighted by Crippen LogP contribution is 2.32. The van der Waals surface area contributed by atoms with Crippen molar-refractivity contribution in [3.8, 4) is 0 Å². The molecule has 3 rings (SSSR count). The second kappa shape index (κ2) is 7.84. The van der Waals surface area contributed by atoms with Crippen LogP contribution in [0.1, 0.15) is 41.3 Å². The number of hydrogen-bond donors (Lipinski definition) is 3. The topological polar surface area (TPSA) is 82.2 Å². The van der Waals surface area contributed by atoms with Crippen LogP contribution in [0.3, 0.4) is 0 Å². The predicted octanol–water partition coefficient (Wildman–Crippen LogP) is 4.66. The molecule has 0 aliphatic heterocycles. The summed E-state index contributed by atoms with van der Waals surface area (Å²) in [6, 6.07) is 11.7. The van der Waals surface area contributed by atoms with Crippen molar-refractivity contribution in [1.82, 2.24) is 4.98 Å². The highest BCUT2D eigenvalue weighted by atomic mass is 35.5. The molecule has 0 fully saturated rings. The first-order valence-corrected chi connectivity index (χ1v) is 9.20. The number of rotatable bonds is 6. The van der Waals surface area contributed by atoms with Crippen LogP contribution in [0.15, 0.2) is 47.4 Å². The molecule has 2 aromatic carbocycles. The summed E-state index contributed by atoms with van der Waals surface area (Å²) < 4.78 is 0. The van der Waals surface area contributed by atoms with Crippen LogP contribution in [-0.2, 0) is 6.42 Å². The molecule has 140 valence electrons. The molecule has 1 atom stereocenters. The van der Waals surface area contributed by atoms with Crippen LogP contribution in [0.5, 0.6) is 0 Å². The van der Waals surface area contributed by atoms with Crippen LogP contribution in [0.4, 0.5) is 5.69 Å². The van der Waals surface area contributed by atoms with Gasteiger partial charge in [0.15, 0.2) is 0 Å². The van der Waals surface area contributed by atoms with Gasteiger partial charge in [-0.25, -0.2) is 4.79 Å². The van der Waals surface area contributed by atoms with Gasteiger partial charge in [0.2, 0.25) is 5.43 Å². The van der Waals surface area contributed by atoms with Crippen molar-refractivity contribution in [3.63, 3.8) is 0 Å². The molecule has 0 bridgehead atoms. The summed E-state index contributed by atoms with van der Waals surface area (Å²) in [4.78, 5) is 26.8. The summed E-state index contributed by atoms with van der Waals surface area (Å²) >= 11 is 6.57. The largest absolute Gasteiger partial charge is 0.477 e. The molecule has 1 unspecified atom stereocenters. The van der Waals surface area contributed by atoms with Gasteiger partial charge in [-0.3, -0.25) is 4.79 Å². The van der Waals surface area contributed by atoms with E-state index in [1.807, 2.05) is 25.1 Å². The lowest BCUT2D eigenvalue weighted by Gasteiger charge is -2.17. The van der Waals surface area contributed by atoms with Crippen LogP contribution in [0.2, 0.25) is 5.02 Å². The number of halogens is 1. The Morgan fingerprint density at radius 3 is 2.63 bits per heavy atom.